The van der Waals surface area contributed by atoms with Crippen molar-refractivity contribution in [1.29, 1.82) is 0 Å². The number of benzene rings is 2. The van der Waals surface area contributed by atoms with Crippen molar-refractivity contribution in [2.75, 3.05) is 6.61 Å². The molecular formula is C21H22F3N3O3. The van der Waals surface area contributed by atoms with Crippen molar-refractivity contribution >= 4 is 11.8 Å². The first-order chi connectivity index (χ1) is 14.1. The van der Waals surface area contributed by atoms with Gasteiger partial charge in [0, 0.05) is 0 Å². The minimum Gasteiger partial charge on any atom is -0.394 e. The minimum absolute atomic E-state index is 0.107. The van der Waals surface area contributed by atoms with Crippen LogP contribution >= 0.6 is 0 Å². The first-order valence-electron chi connectivity index (χ1n) is 9.33. The third-order valence-corrected chi connectivity index (χ3v) is 5.08. The highest BCUT2D eigenvalue weighted by atomic mass is 19.4. The summed E-state index contributed by atoms with van der Waals surface area (Å²) in [4.78, 5) is 25.0. The van der Waals surface area contributed by atoms with E-state index in [4.69, 9.17) is 0 Å². The quantitative estimate of drug-likeness (QED) is 0.596. The Labute approximate surface area is 171 Å². The molecule has 30 heavy (non-hydrogen) atoms. The van der Waals surface area contributed by atoms with Crippen LogP contribution in [0.25, 0.3) is 0 Å². The maximum absolute atomic E-state index is 12.8. The van der Waals surface area contributed by atoms with Gasteiger partial charge in [-0.2, -0.15) is 13.2 Å². The van der Waals surface area contributed by atoms with Gasteiger partial charge in [-0.3, -0.25) is 14.9 Å². The maximum Gasteiger partial charge on any atom is 0.416 e. The van der Waals surface area contributed by atoms with Crippen molar-refractivity contribution in [1.82, 2.24) is 16.0 Å². The molecule has 1 aliphatic rings. The zero-order valence-electron chi connectivity index (χ0n) is 16.2. The van der Waals surface area contributed by atoms with E-state index >= 15 is 0 Å². The lowest BCUT2D eigenvalue weighted by Gasteiger charge is -2.35. The number of nitrogens with one attached hydrogen (secondary N) is 3. The molecule has 3 rings (SSSR count). The van der Waals surface area contributed by atoms with Crippen LogP contribution in [0.5, 0.6) is 0 Å². The highest BCUT2D eigenvalue weighted by Gasteiger charge is 2.36. The molecular weight excluding hydrogens is 399 g/mol. The number of rotatable bonds is 5. The lowest BCUT2D eigenvalue weighted by atomic mass is 9.91. The van der Waals surface area contributed by atoms with Gasteiger partial charge in [-0.1, -0.05) is 42.5 Å². The van der Waals surface area contributed by atoms with Crippen molar-refractivity contribution in [3.63, 3.8) is 0 Å². The summed E-state index contributed by atoms with van der Waals surface area (Å²) in [5.41, 5.74) is -1.06. The summed E-state index contributed by atoms with van der Waals surface area (Å²) in [5.74, 6) is -0.856. The van der Waals surface area contributed by atoms with Crippen molar-refractivity contribution in [2.24, 2.45) is 0 Å². The van der Waals surface area contributed by atoms with Crippen molar-refractivity contribution in [3.05, 3.63) is 71.3 Å². The fourth-order valence-electron chi connectivity index (χ4n) is 3.29. The Hall–Kier alpha value is -2.91. The summed E-state index contributed by atoms with van der Waals surface area (Å²) in [5, 5.41) is 18.3. The molecule has 0 saturated carbocycles. The highest BCUT2D eigenvalue weighted by Crippen LogP contribution is 2.31. The van der Waals surface area contributed by atoms with Crippen molar-refractivity contribution in [3.8, 4) is 0 Å². The summed E-state index contributed by atoms with van der Waals surface area (Å²) in [7, 11) is 0. The van der Waals surface area contributed by atoms with Gasteiger partial charge in [0.2, 0.25) is 11.8 Å². The van der Waals surface area contributed by atoms with Crippen LogP contribution in [0.15, 0.2) is 54.6 Å². The molecule has 1 saturated heterocycles. The Morgan fingerprint density at radius 2 is 1.70 bits per heavy atom. The number of alkyl halides is 3. The lowest BCUT2D eigenvalue weighted by Crippen LogP contribution is -2.59. The second-order valence-corrected chi connectivity index (χ2v) is 7.39. The van der Waals surface area contributed by atoms with E-state index in [1.807, 2.05) is 6.07 Å². The normalized spacial score (nSPS) is 21.4. The average Bonchev–Trinajstić information content (AvgIpc) is 2.73. The number of halogens is 3. The van der Waals surface area contributed by atoms with Gasteiger partial charge in [0.25, 0.3) is 0 Å². The number of carbonyl (C=O) groups excluding carboxylic acids is 2. The molecule has 2 aromatic carbocycles. The van der Waals surface area contributed by atoms with Crippen molar-refractivity contribution in [2.45, 2.75) is 37.3 Å². The molecule has 2 aromatic rings. The number of aliphatic hydroxyl groups is 1. The summed E-state index contributed by atoms with van der Waals surface area (Å²) in [6.07, 6.45) is -5.15. The second-order valence-electron chi connectivity index (χ2n) is 7.39. The van der Waals surface area contributed by atoms with Crippen LogP contribution in [0.2, 0.25) is 0 Å². The topological polar surface area (TPSA) is 90.5 Å². The molecule has 0 aromatic heterocycles. The summed E-state index contributed by atoms with van der Waals surface area (Å²) in [6.45, 7) is 0.968. The second kappa shape index (κ2) is 8.45. The fraction of sp³-hybridized carbons (Fsp3) is 0.333. The van der Waals surface area contributed by atoms with E-state index in [9.17, 15) is 27.9 Å². The van der Waals surface area contributed by atoms with Gasteiger partial charge in [0.1, 0.15) is 6.17 Å². The highest BCUT2D eigenvalue weighted by molar-refractivity contribution is 5.90. The molecule has 6 nitrogen and oxygen atoms in total. The summed E-state index contributed by atoms with van der Waals surface area (Å²) >= 11 is 0. The molecule has 160 valence electrons. The molecule has 0 bridgehead atoms. The van der Waals surface area contributed by atoms with E-state index in [-0.39, 0.29) is 12.3 Å². The molecule has 0 aliphatic carbocycles. The number of hydrogen-bond donors (Lipinski definition) is 4. The minimum atomic E-state index is -4.48. The fourth-order valence-corrected chi connectivity index (χ4v) is 3.29. The molecule has 2 unspecified atom stereocenters. The van der Waals surface area contributed by atoms with Crippen LogP contribution in [0.3, 0.4) is 0 Å². The molecule has 0 radical (unpaired) electrons. The third kappa shape index (κ3) is 4.80. The zero-order chi connectivity index (χ0) is 21.9. The van der Waals surface area contributed by atoms with Gasteiger partial charge in [0.05, 0.1) is 30.2 Å². The standard InChI is InChI=1S/C21H22F3N3O3/c1-20(12-28,14-7-9-15(10-8-14)21(22,23)24)27-19(30)16-11-17(29)26-18(25-16)13-5-3-2-4-6-13/h2-10,16,18,25,28H,11-12H2,1H3,(H,26,29)(H,27,30)/t16?,18?,20-/m1/s1. The van der Waals surface area contributed by atoms with E-state index in [0.717, 1.165) is 17.7 Å². The number of carbonyl (C=O) groups is 2. The van der Waals surface area contributed by atoms with E-state index in [0.29, 0.717) is 5.56 Å². The Morgan fingerprint density at radius 1 is 1.10 bits per heavy atom. The maximum atomic E-state index is 12.8. The van der Waals surface area contributed by atoms with E-state index < -0.39 is 42.0 Å². The smallest absolute Gasteiger partial charge is 0.394 e. The predicted molar refractivity (Wildman–Crippen MR) is 103 cm³/mol. The largest absolute Gasteiger partial charge is 0.416 e. The third-order valence-electron chi connectivity index (χ3n) is 5.08. The lowest BCUT2D eigenvalue weighted by molar-refractivity contribution is -0.137. The molecule has 1 aliphatic heterocycles. The van der Waals surface area contributed by atoms with Gasteiger partial charge in [0.15, 0.2) is 0 Å². The molecule has 9 heteroatoms. The van der Waals surface area contributed by atoms with Crippen LogP contribution in [0.1, 0.15) is 36.2 Å². The Morgan fingerprint density at radius 3 is 2.27 bits per heavy atom. The van der Waals surface area contributed by atoms with Gasteiger partial charge in [-0.05, 0) is 30.2 Å². The van der Waals surface area contributed by atoms with Crippen LogP contribution in [-0.4, -0.2) is 29.6 Å². The molecule has 1 heterocycles. The molecule has 3 atom stereocenters. The van der Waals surface area contributed by atoms with Gasteiger partial charge < -0.3 is 15.7 Å². The zero-order valence-corrected chi connectivity index (χ0v) is 16.2. The monoisotopic (exact) mass is 421 g/mol. The first-order valence-corrected chi connectivity index (χ1v) is 9.33. The number of hydrogen-bond acceptors (Lipinski definition) is 4. The van der Waals surface area contributed by atoms with E-state index in [2.05, 4.69) is 16.0 Å². The number of aliphatic hydroxyl groups excluding tert-OH is 1. The van der Waals surface area contributed by atoms with E-state index in [1.54, 1.807) is 24.3 Å². The molecule has 2 amide bonds. The van der Waals surface area contributed by atoms with Crippen LogP contribution < -0.4 is 16.0 Å². The van der Waals surface area contributed by atoms with Gasteiger partial charge in [-0.15, -0.1) is 0 Å². The van der Waals surface area contributed by atoms with Gasteiger partial charge >= 0.3 is 6.18 Å². The summed E-state index contributed by atoms with van der Waals surface area (Å²) in [6, 6.07) is 12.4. The first kappa shape index (κ1) is 21.8. The molecule has 0 spiro atoms. The van der Waals surface area contributed by atoms with Crippen LogP contribution in [0, 0.1) is 0 Å². The Balaban J connectivity index is 1.76. The SMILES string of the molecule is C[C@](CO)(NC(=O)C1CC(=O)NC(c2ccccc2)N1)c1ccc(C(F)(F)F)cc1. The summed E-state index contributed by atoms with van der Waals surface area (Å²) < 4.78 is 38.4. The Bertz CT molecular complexity index is 903. The predicted octanol–water partition coefficient (Wildman–Crippen LogP) is 2.21. The van der Waals surface area contributed by atoms with Crippen LogP contribution in [0.4, 0.5) is 13.2 Å². The molecule has 4 N–H and O–H groups in total. The Kier molecular flexibility index (Phi) is 6.14. The molecule has 1 fully saturated rings. The van der Waals surface area contributed by atoms with Crippen LogP contribution in [-0.2, 0) is 21.3 Å². The van der Waals surface area contributed by atoms with Gasteiger partial charge in [-0.25, -0.2) is 0 Å². The number of amides is 2. The van der Waals surface area contributed by atoms with Crippen molar-refractivity contribution < 1.29 is 27.9 Å². The van der Waals surface area contributed by atoms with E-state index in [1.165, 1.54) is 19.1 Å². The average molecular weight is 421 g/mol.